The molecule has 0 bridgehead atoms. The van der Waals surface area contributed by atoms with E-state index in [2.05, 4.69) is 0 Å². The molecule has 5 heteroatoms. The van der Waals surface area contributed by atoms with Crippen LogP contribution in [0.15, 0.2) is 12.3 Å². The summed E-state index contributed by atoms with van der Waals surface area (Å²) in [6, 6.07) is 1.71. The van der Waals surface area contributed by atoms with E-state index in [4.69, 9.17) is 17.3 Å². The number of rotatable bonds is 0. The number of aromatic nitrogens is 1. The Morgan fingerprint density at radius 3 is 2.67 bits per heavy atom. The van der Waals surface area contributed by atoms with E-state index in [0.29, 0.717) is 11.5 Å². The molecule has 0 fully saturated rings. The van der Waals surface area contributed by atoms with Gasteiger partial charge in [-0.05, 0) is 0 Å². The second kappa shape index (κ2) is 1.82. The third-order valence-corrected chi connectivity index (χ3v) is 2.04. The zero-order valence-electron chi connectivity index (χ0n) is 6.86. The maximum Gasteiger partial charge on any atom is 0.159 e. The number of hydrogen-bond donors (Lipinski definition) is 3. The molecule has 12 heavy (non-hydrogen) atoms. The minimum absolute atomic E-state index is 0.109. The number of nitrogens with two attached hydrogens (primary N) is 3. The molecule has 0 spiro atoms. The van der Waals surface area contributed by atoms with Crippen LogP contribution >= 0.6 is 0 Å². The molecule has 0 saturated heterocycles. The molecule has 1 atom stereocenters. The van der Waals surface area contributed by atoms with Crippen LogP contribution in [0.4, 0.5) is 11.5 Å². The molecule has 1 aromatic heterocycles. The summed E-state index contributed by atoms with van der Waals surface area (Å²) in [6.07, 6.45) is 3.69. The van der Waals surface area contributed by atoms with E-state index in [0.717, 1.165) is 5.69 Å². The van der Waals surface area contributed by atoms with Crippen molar-refractivity contribution in [2.24, 2.45) is 5.84 Å². The zero-order chi connectivity index (χ0) is 8.93. The molecule has 1 aliphatic rings. The van der Waals surface area contributed by atoms with E-state index in [1.807, 2.05) is 19.3 Å². The van der Waals surface area contributed by atoms with E-state index in [1.165, 1.54) is 0 Å². The standard InChI is InChI=1S/C7H12N5/c1-12(10)3-2-6-5(8)4-7(9)11(6)12/h2-4H,8-10H2,1H3/q+1. The fraction of sp³-hybridized carbons (Fsp3) is 0.143. The topological polar surface area (TPSA) is 83.0 Å². The van der Waals surface area contributed by atoms with Crippen molar-refractivity contribution in [1.29, 1.82) is 0 Å². The lowest BCUT2D eigenvalue weighted by Gasteiger charge is -2.21. The first kappa shape index (κ1) is 7.20. The van der Waals surface area contributed by atoms with Crippen LogP contribution in [0.5, 0.6) is 0 Å². The zero-order valence-corrected chi connectivity index (χ0v) is 6.86. The molecule has 1 aromatic rings. The smallest absolute Gasteiger partial charge is 0.159 e. The van der Waals surface area contributed by atoms with Crippen LogP contribution in [-0.2, 0) is 0 Å². The van der Waals surface area contributed by atoms with Crippen LogP contribution in [0.25, 0.3) is 6.08 Å². The van der Waals surface area contributed by atoms with E-state index in [-0.39, 0.29) is 4.70 Å². The molecule has 0 aliphatic carbocycles. The van der Waals surface area contributed by atoms with Crippen molar-refractivity contribution in [3.05, 3.63) is 18.0 Å². The Morgan fingerprint density at radius 1 is 1.42 bits per heavy atom. The molecule has 1 unspecified atom stereocenters. The van der Waals surface area contributed by atoms with Crippen molar-refractivity contribution in [2.45, 2.75) is 0 Å². The average molecular weight is 166 g/mol. The number of fused-ring (bicyclic) bond motifs is 1. The van der Waals surface area contributed by atoms with Gasteiger partial charge >= 0.3 is 0 Å². The molecule has 0 aromatic carbocycles. The molecular formula is C7H12N5+. The van der Waals surface area contributed by atoms with Gasteiger partial charge in [-0.25, -0.2) is 0 Å². The van der Waals surface area contributed by atoms with Gasteiger partial charge in [-0.15, -0.1) is 4.70 Å². The van der Waals surface area contributed by atoms with Gasteiger partial charge in [0.25, 0.3) is 0 Å². The van der Waals surface area contributed by atoms with Crippen molar-refractivity contribution in [3.63, 3.8) is 0 Å². The Hall–Kier alpha value is -1.46. The number of anilines is 2. The second-order valence-electron chi connectivity index (χ2n) is 3.13. The molecule has 2 heterocycles. The van der Waals surface area contributed by atoms with Crippen LogP contribution in [0.1, 0.15) is 5.69 Å². The van der Waals surface area contributed by atoms with E-state index in [9.17, 15) is 0 Å². The number of nitrogens with zero attached hydrogens (tertiary/aromatic N) is 2. The molecule has 6 N–H and O–H groups in total. The van der Waals surface area contributed by atoms with Crippen molar-refractivity contribution in [3.8, 4) is 0 Å². The summed E-state index contributed by atoms with van der Waals surface area (Å²) in [4.78, 5) is 0. The number of hydrogen-bond acceptors (Lipinski definition) is 3. The van der Waals surface area contributed by atoms with Crippen LogP contribution in [-0.4, -0.2) is 11.7 Å². The Kier molecular flexibility index (Phi) is 1.09. The predicted molar refractivity (Wildman–Crippen MR) is 49.9 cm³/mol. The van der Waals surface area contributed by atoms with Crippen LogP contribution in [0.2, 0.25) is 0 Å². The van der Waals surface area contributed by atoms with E-state index in [1.54, 1.807) is 10.7 Å². The van der Waals surface area contributed by atoms with Gasteiger partial charge < -0.3 is 11.5 Å². The first-order valence-electron chi connectivity index (χ1n) is 3.64. The second-order valence-corrected chi connectivity index (χ2v) is 3.13. The number of quaternary nitrogens is 1. The number of nitrogen functional groups attached to an aromatic ring is 2. The maximum atomic E-state index is 5.88. The van der Waals surface area contributed by atoms with Gasteiger partial charge in [-0.1, -0.05) is 0 Å². The normalized spacial score (nSPS) is 26.2. The van der Waals surface area contributed by atoms with Crippen LogP contribution in [0, 0.1) is 0 Å². The lowest BCUT2D eigenvalue weighted by molar-refractivity contribution is 0.265. The molecular weight excluding hydrogens is 154 g/mol. The van der Waals surface area contributed by atoms with Gasteiger partial charge in [-0.3, -0.25) is 0 Å². The Bertz CT molecular complexity index is 360. The summed E-state index contributed by atoms with van der Waals surface area (Å²) in [5, 5.41) is 0. The minimum Gasteiger partial charge on any atom is -0.397 e. The largest absolute Gasteiger partial charge is 0.397 e. The monoisotopic (exact) mass is 166 g/mol. The highest BCUT2D eigenvalue weighted by atomic mass is 15.8. The first-order valence-corrected chi connectivity index (χ1v) is 3.64. The van der Waals surface area contributed by atoms with Gasteiger partial charge in [-0.2, -0.15) is 10.5 Å². The average Bonchev–Trinajstić information content (AvgIpc) is 2.37. The fourth-order valence-corrected chi connectivity index (χ4v) is 1.49. The van der Waals surface area contributed by atoms with Gasteiger partial charge in [0.1, 0.15) is 18.9 Å². The fourth-order valence-electron chi connectivity index (χ4n) is 1.49. The lowest BCUT2D eigenvalue weighted by Crippen LogP contribution is -2.54. The molecule has 0 amide bonds. The third-order valence-electron chi connectivity index (χ3n) is 2.04. The predicted octanol–water partition coefficient (Wildman–Crippen LogP) is -0.421. The molecule has 0 saturated carbocycles. The van der Waals surface area contributed by atoms with Crippen LogP contribution in [0.3, 0.4) is 0 Å². The van der Waals surface area contributed by atoms with Crippen molar-refractivity contribution in [1.82, 2.24) is 9.38 Å². The van der Waals surface area contributed by atoms with Crippen molar-refractivity contribution < 1.29 is 0 Å². The van der Waals surface area contributed by atoms with Gasteiger partial charge in [0.05, 0.1) is 5.69 Å². The highest BCUT2D eigenvalue weighted by Crippen LogP contribution is 2.27. The Morgan fingerprint density at radius 2 is 2.08 bits per heavy atom. The van der Waals surface area contributed by atoms with Crippen molar-refractivity contribution >= 4 is 17.6 Å². The summed E-state index contributed by atoms with van der Waals surface area (Å²) in [7, 11) is 1.82. The molecule has 0 radical (unpaired) electrons. The molecule has 1 aliphatic heterocycles. The molecule has 5 nitrogen and oxygen atoms in total. The minimum atomic E-state index is 0.109. The lowest BCUT2D eigenvalue weighted by atomic mass is 10.4. The third kappa shape index (κ3) is 0.689. The summed E-state index contributed by atoms with van der Waals surface area (Å²) < 4.78 is 1.87. The van der Waals surface area contributed by atoms with Gasteiger partial charge in [0.15, 0.2) is 5.82 Å². The van der Waals surface area contributed by atoms with Crippen LogP contribution < -0.4 is 22.0 Å². The maximum absolute atomic E-state index is 5.88. The summed E-state index contributed by atoms with van der Waals surface area (Å²) in [5.41, 5.74) is 12.9. The first-order chi connectivity index (χ1) is 5.52. The highest BCUT2D eigenvalue weighted by molar-refractivity contribution is 5.70. The van der Waals surface area contributed by atoms with E-state index >= 15 is 0 Å². The Balaban J connectivity index is 2.72. The van der Waals surface area contributed by atoms with E-state index < -0.39 is 0 Å². The van der Waals surface area contributed by atoms with Gasteiger partial charge in [0.2, 0.25) is 0 Å². The summed E-state index contributed by atoms with van der Waals surface area (Å²) in [5.74, 6) is 6.46. The van der Waals surface area contributed by atoms with Gasteiger partial charge in [0, 0.05) is 12.1 Å². The quantitative estimate of drug-likeness (QED) is 0.361. The SMILES string of the molecule is C[N+]1(N)C=Cc2c(N)cc(N)n21. The molecule has 2 rings (SSSR count). The summed E-state index contributed by atoms with van der Waals surface area (Å²) in [6.45, 7) is 0. The summed E-state index contributed by atoms with van der Waals surface area (Å²) >= 11 is 0. The highest BCUT2D eigenvalue weighted by Gasteiger charge is 2.29. The Labute approximate surface area is 70.2 Å². The van der Waals surface area contributed by atoms with Crippen molar-refractivity contribution in [2.75, 3.05) is 18.5 Å². The molecule has 64 valence electrons.